The number of carbonyl (C=O) groups excluding carboxylic acids is 1. The van der Waals surface area contributed by atoms with E-state index < -0.39 is 0 Å². The molecule has 0 aromatic heterocycles. The van der Waals surface area contributed by atoms with Crippen LogP contribution in [0.2, 0.25) is 0 Å². The van der Waals surface area contributed by atoms with E-state index in [1.807, 2.05) is 45.0 Å². The Bertz CT molecular complexity index is 427. The van der Waals surface area contributed by atoms with Crippen molar-refractivity contribution in [2.75, 3.05) is 26.8 Å². The molecule has 0 aliphatic heterocycles. The van der Waals surface area contributed by atoms with E-state index in [0.717, 1.165) is 0 Å². The predicted molar refractivity (Wildman–Crippen MR) is 79.3 cm³/mol. The molecule has 0 aliphatic rings. The van der Waals surface area contributed by atoms with E-state index in [4.69, 9.17) is 9.47 Å². The fourth-order valence-electron chi connectivity index (χ4n) is 1.64. The van der Waals surface area contributed by atoms with Gasteiger partial charge in [0.25, 0.3) is 0 Å². The maximum atomic E-state index is 11.6. The highest BCUT2D eigenvalue weighted by molar-refractivity contribution is 5.78. The second-order valence-corrected chi connectivity index (χ2v) is 5.47. The third kappa shape index (κ3) is 6.43. The van der Waals surface area contributed by atoms with Crippen molar-refractivity contribution in [2.45, 2.75) is 26.3 Å². The molecule has 2 N–H and O–H groups in total. The summed E-state index contributed by atoms with van der Waals surface area (Å²) in [4.78, 5) is 11.6. The molecule has 1 rings (SSSR count). The van der Waals surface area contributed by atoms with Crippen LogP contribution in [0.15, 0.2) is 24.3 Å². The molecule has 0 saturated heterocycles. The molecule has 20 heavy (non-hydrogen) atoms. The van der Waals surface area contributed by atoms with Crippen LogP contribution >= 0.6 is 0 Å². The number of benzene rings is 1. The Morgan fingerprint density at radius 3 is 2.45 bits per heavy atom. The topological polar surface area (TPSA) is 59.6 Å². The molecule has 0 bridgehead atoms. The molecule has 112 valence electrons. The lowest BCUT2D eigenvalue weighted by Gasteiger charge is -2.20. The minimum Gasteiger partial charge on any atom is -0.493 e. The Morgan fingerprint density at radius 2 is 1.85 bits per heavy atom. The maximum Gasteiger partial charge on any atom is 0.234 e. The van der Waals surface area contributed by atoms with Crippen LogP contribution in [-0.2, 0) is 4.79 Å². The van der Waals surface area contributed by atoms with Crippen molar-refractivity contribution >= 4 is 5.91 Å². The Balaban J connectivity index is 2.21. The predicted octanol–water partition coefficient (Wildman–Crippen LogP) is 1.58. The Hall–Kier alpha value is -1.75. The molecular weight excluding hydrogens is 256 g/mol. The summed E-state index contributed by atoms with van der Waals surface area (Å²) in [6, 6.07) is 7.48. The van der Waals surface area contributed by atoms with Crippen LogP contribution in [0.25, 0.3) is 0 Å². The van der Waals surface area contributed by atoms with E-state index in [1.165, 1.54) is 0 Å². The Labute approximate surface area is 120 Å². The minimum atomic E-state index is -0.202. The summed E-state index contributed by atoms with van der Waals surface area (Å²) in [7, 11) is 1.61. The van der Waals surface area contributed by atoms with Gasteiger partial charge in [-0.1, -0.05) is 12.1 Å². The van der Waals surface area contributed by atoms with E-state index in [-0.39, 0.29) is 18.0 Å². The largest absolute Gasteiger partial charge is 0.493 e. The average molecular weight is 280 g/mol. The summed E-state index contributed by atoms with van der Waals surface area (Å²) >= 11 is 0. The van der Waals surface area contributed by atoms with Gasteiger partial charge in [-0.3, -0.25) is 4.79 Å². The van der Waals surface area contributed by atoms with Gasteiger partial charge in [-0.15, -0.1) is 0 Å². The standard InChI is InChI=1S/C15H24N2O3/c1-15(2,3)17-14(18)11-16-9-10-20-13-8-6-5-7-12(13)19-4/h5-8,16H,9-11H2,1-4H3,(H,17,18). The maximum absolute atomic E-state index is 11.6. The third-order valence-corrected chi connectivity index (χ3v) is 2.41. The second kappa shape index (κ2) is 7.75. The van der Waals surface area contributed by atoms with Crippen molar-refractivity contribution in [3.8, 4) is 11.5 Å². The van der Waals surface area contributed by atoms with Crippen LogP contribution in [0.3, 0.4) is 0 Å². The number of nitrogens with one attached hydrogen (secondary N) is 2. The number of amides is 1. The molecule has 1 aromatic carbocycles. The van der Waals surface area contributed by atoms with Gasteiger partial charge < -0.3 is 20.1 Å². The van der Waals surface area contributed by atoms with Crippen molar-refractivity contribution in [2.24, 2.45) is 0 Å². The lowest BCUT2D eigenvalue weighted by molar-refractivity contribution is -0.121. The van der Waals surface area contributed by atoms with Crippen LogP contribution in [0, 0.1) is 0 Å². The molecule has 5 heteroatoms. The molecule has 0 aliphatic carbocycles. The normalized spacial score (nSPS) is 11.0. The fourth-order valence-corrected chi connectivity index (χ4v) is 1.64. The van der Waals surface area contributed by atoms with Gasteiger partial charge in [0, 0.05) is 12.1 Å². The Morgan fingerprint density at radius 1 is 1.20 bits per heavy atom. The summed E-state index contributed by atoms with van der Waals surface area (Å²) in [5.74, 6) is 1.39. The fraction of sp³-hybridized carbons (Fsp3) is 0.533. The number of hydrogen-bond donors (Lipinski definition) is 2. The number of para-hydroxylation sites is 2. The molecule has 0 fully saturated rings. The minimum absolute atomic E-state index is 0.0187. The van der Waals surface area contributed by atoms with E-state index in [2.05, 4.69) is 10.6 Å². The van der Waals surface area contributed by atoms with Gasteiger partial charge in [-0.25, -0.2) is 0 Å². The molecule has 5 nitrogen and oxygen atoms in total. The first kappa shape index (κ1) is 16.3. The van der Waals surface area contributed by atoms with Gasteiger partial charge >= 0.3 is 0 Å². The van der Waals surface area contributed by atoms with E-state index >= 15 is 0 Å². The highest BCUT2D eigenvalue weighted by Gasteiger charge is 2.12. The van der Waals surface area contributed by atoms with Gasteiger partial charge in [-0.2, -0.15) is 0 Å². The quantitative estimate of drug-likeness (QED) is 0.745. The van der Waals surface area contributed by atoms with Crippen molar-refractivity contribution in [1.29, 1.82) is 0 Å². The SMILES string of the molecule is COc1ccccc1OCCNCC(=O)NC(C)(C)C. The van der Waals surface area contributed by atoms with E-state index in [1.54, 1.807) is 7.11 Å². The summed E-state index contributed by atoms with van der Waals surface area (Å²) in [6.45, 7) is 7.21. The lowest BCUT2D eigenvalue weighted by atomic mass is 10.1. The average Bonchev–Trinajstić information content (AvgIpc) is 2.36. The summed E-state index contributed by atoms with van der Waals surface area (Å²) in [5.41, 5.74) is -0.202. The van der Waals surface area contributed by atoms with Crippen LogP contribution in [0.4, 0.5) is 0 Å². The van der Waals surface area contributed by atoms with Crippen LogP contribution in [0.5, 0.6) is 11.5 Å². The monoisotopic (exact) mass is 280 g/mol. The number of carbonyl (C=O) groups is 1. The highest BCUT2D eigenvalue weighted by Crippen LogP contribution is 2.25. The zero-order chi connectivity index (χ0) is 15.0. The first-order valence-corrected chi connectivity index (χ1v) is 6.70. The third-order valence-electron chi connectivity index (χ3n) is 2.41. The summed E-state index contributed by atoms with van der Waals surface area (Å²) < 4.78 is 10.8. The second-order valence-electron chi connectivity index (χ2n) is 5.47. The molecular formula is C15H24N2O3. The molecule has 0 radical (unpaired) electrons. The van der Waals surface area contributed by atoms with Gasteiger partial charge in [0.2, 0.25) is 5.91 Å². The molecule has 0 saturated carbocycles. The van der Waals surface area contributed by atoms with Crippen molar-refractivity contribution < 1.29 is 14.3 Å². The molecule has 1 amide bonds. The van der Waals surface area contributed by atoms with E-state index in [9.17, 15) is 4.79 Å². The van der Waals surface area contributed by atoms with Gasteiger partial charge in [0.1, 0.15) is 6.61 Å². The molecule has 1 aromatic rings. The summed E-state index contributed by atoms with van der Waals surface area (Å²) in [5, 5.41) is 5.92. The van der Waals surface area contributed by atoms with E-state index in [0.29, 0.717) is 24.7 Å². The first-order valence-electron chi connectivity index (χ1n) is 6.70. The van der Waals surface area contributed by atoms with Gasteiger partial charge in [-0.05, 0) is 32.9 Å². The summed E-state index contributed by atoms with van der Waals surface area (Å²) in [6.07, 6.45) is 0. The smallest absolute Gasteiger partial charge is 0.234 e. The number of hydrogen-bond acceptors (Lipinski definition) is 4. The molecule has 0 spiro atoms. The number of methoxy groups -OCH3 is 1. The number of rotatable bonds is 7. The molecule has 0 heterocycles. The highest BCUT2D eigenvalue weighted by atomic mass is 16.5. The van der Waals surface area contributed by atoms with Crippen LogP contribution < -0.4 is 20.1 Å². The van der Waals surface area contributed by atoms with Crippen molar-refractivity contribution in [1.82, 2.24) is 10.6 Å². The van der Waals surface area contributed by atoms with Crippen LogP contribution in [-0.4, -0.2) is 38.3 Å². The van der Waals surface area contributed by atoms with Crippen molar-refractivity contribution in [3.63, 3.8) is 0 Å². The van der Waals surface area contributed by atoms with Gasteiger partial charge in [0.15, 0.2) is 11.5 Å². The first-order chi connectivity index (χ1) is 9.42. The molecule has 0 atom stereocenters. The van der Waals surface area contributed by atoms with Crippen LogP contribution in [0.1, 0.15) is 20.8 Å². The zero-order valence-corrected chi connectivity index (χ0v) is 12.7. The Kier molecular flexibility index (Phi) is 6.31. The number of ether oxygens (including phenoxy) is 2. The zero-order valence-electron chi connectivity index (χ0n) is 12.7. The lowest BCUT2D eigenvalue weighted by Crippen LogP contribution is -2.45. The van der Waals surface area contributed by atoms with Gasteiger partial charge in [0.05, 0.1) is 13.7 Å². The molecule has 0 unspecified atom stereocenters. The van der Waals surface area contributed by atoms with Crippen molar-refractivity contribution in [3.05, 3.63) is 24.3 Å².